The number of amides is 1. The Morgan fingerprint density at radius 2 is 1.32 bits per heavy atom. The number of Topliss-reactive ketones (excluding diaryl/α,β-unsaturated/α-hetero) is 1. The molecule has 0 aliphatic carbocycles. The smallest absolute Gasteiger partial charge is 0.262 e. The number of likely N-dealkylation sites (N-methyl/N-ethyl adjacent to an activating group) is 1. The van der Waals surface area contributed by atoms with Crippen LogP contribution in [0.2, 0.25) is 0 Å². The largest absolute Gasteiger partial charge is 0.494 e. The first-order chi connectivity index (χ1) is 19.9. The molecule has 0 fully saturated rings. The molecule has 0 bridgehead atoms. The van der Waals surface area contributed by atoms with Crippen LogP contribution in [0.25, 0.3) is 38.5 Å². The maximum absolute atomic E-state index is 13.2. The fourth-order valence-electron chi connectivity index (χ4n) is 5.45. The van der Waals surface area contributed by atoms with Crippen LogP contribution >= 0.6 is 0 Å². The second-order valence-corrected chi connectivity index (χ2v) is 9.89. The number of hydrogen-bond donors (Lipinski definition) is 1. The van der Waals surface area contributed by atoms with Crippen molar-refractivity contribution in [3.05, 3.63) is 136 Å². The van der Waals surface area contributed by atoms with Crippen LogP contribution in [-0.2, 0) is 11.8 Å². The Morgan fingerprint density at radius 1 is 0.683 bits per heavy atom. The van der Waals surface area contributed by atoms with E-state index < -0.39 is 0 Å². The molecule has 6 rings (SSSR count). The molecule has 5 aromatic rings. The summed E-state index contributed by atoms with van der Waals surface area (Å²) in [5, 5.41) is 15.1. The Hall–Kier alpha value is -5.49. The minimum atomic E-state index is -0.359. The molecule has 2 heterocycles. The molecule has 41 heavy (non-hydrogen) atoms. The molecule has 0 radical (unpaired) electrons. The second kappa shape index (κ2) is 10.2. The molecule has 1 amide bonds. The summed E-state index contributed by atoms with van der Waals surface area (Å²) in [6.07, 6.45) is 11.5. The molecule has 200 valence electrons. The molecule has 4 aromatic carbocycles. The Kier molecular flexibility index (Phi) is 6.44. The Morgan fingerprint density at radius 3 is 2.10 bits per heavy atom. The number of hydrogen-bond acceptors (Lipinski definition) is 4. The lowest BCUT2D eigenvalue weighted by Gasteiger charge is -2.27. The van der Waals surface area contributed by atoms with Crippen molar-refractivity contribution in [1.82, 2.24) is 4.57 Å². The van der Waals surface area contributed by atoms with E-state index in [2.05, 4.69) is 0 Å². The normalized spacial score (nSPS) is 15.1. The number of anilines is 1. The van der Waals surface area contributed by atoms with Gasteiger partial charge in [-0.3, -0.25) is 14.4 Å². The lowest BCUT2D eigenvalue weighted by molar-refractivity contribution is -0.114. The molecule has 0 saturated heterocycles. The summed E-state index contributed by atoms with van der Waals surface area (Å²) >= 11 is 0. The first-order valence-electron chi connectivity index (χ1n) is 13.2. The number of allylic oxidation sites excluding steroid dienone is 6. The molecule has 6 heteroatoms. The summed E-state index contributed by atoms with van der Waals surface area (Å²) in [5.74, 6) is -0.782. The molecule has 0 saturated carbocycles. The van der Waals surface area contributed by atoms with E-state index in [1.165, 1.54) is 11.0 Å². The number of aryl methyl sites for hydroxylation is 1. The number of rotatable bonds is 4. The van der Waals surface area contributed by atoms with Crippen molar-refractivity contribution in [2.24, 2.45) is 7.05 Å². The number of aromatic hydroxyl groups is 1. The van der Waals surface area contributed by atoms with E-state index in [0.29, 0.717) is 22.2 Å². The van der Waals surface area contributed by atoms with Gasteiger partial charge in [0.2, 0.25) is 17.1 Å². The van der Waals surface area contributed by atoms with Crippen molar-refractivity contribution in [1.29, 1.82) is 0 Å². The first-order valence-corrected chi connectivity index (χ1v) is 13.2. The van der Waals surface area contributed by atoms with Crippen LogP contribution in [0.15, 0.2) is 120 Å². The maximum atomic E-state index is 13.2. The van der Waals surface area contributed by atoms with Crippen LogP contribution in [-0.4, -0.2) is 28.4 Å². The summed E-state index contributed by atoms with van der Waals surface area (Å²) in [6, 6.07) is 22.8. The summed E-state index contributed by atoms with van der Waals surface area (Å²) in [7, 11) is 3.41. The molecule has 0 spiro atoms. The molecule has 6 nitrogen and oxygen atoms in total. The number of nitrogens with zero attached hydrogens (tertiary/aromatic N) is 2. The van der Waals surface area contributed by atoms with Crippen LogP contribution in [0.3, 0.4) is 0 Å². The molecule has 0 unspecified atom stereocenters. The van der Waals surface area contributed by atoms with Crippen molar-refractivity contribution in [3.63, 3.8) is 0 Å². The Labute approximate surface area is 236 Å². The molecule has 1 aliphatic rings. The zero-order valence-electron chi connectivity index (χ0n) is 22.5. The fourth-order valence-corrected chi connectivity index (χ4v) is 5.45. The third-order valence-corrected chi connectivity index (χ3v) is 7.51. The third kappa shape index (κ3) is 4.26. The highest BCUT2D eigenvalue weighted by Gasteiger charge is 2.33. The van der Waals surface area contributed by atoms with Crippen molar-refractivity contribution in [3.8, 4) is 5.88 Å². The van der Waals surface area contributed by atoms with Crippen molar-refractivity contribution in [2.45, 2.75) is 0 Å². The average Bonchev–Trinajstić information content (AvgIpc) is 3.00. The van der Waals surface area contributed by atoms with Crippen LogP contribution in [0.1, 0.15) is 15.9 Å². The number of pyridine rings is 1. The van der Waals surface area contributed by atoms with Gasteiger partial charge in [0.1, 0.15) is 0 Å². The van der Waals surface area contributed by atoms with Gasteiger partial charge in [-0.1, -0.05) is 91.0 Å². The number of carbonyl (C=O) groups is 2. The minimum Gasteiger partial charge on any atom is -0.494 e. The summed E-state index contributed by atoms with van der Waals surface area (Å²) in [6.45, 7) is 0. The minimum absolute atomic E-state index is 0.0904. The highest BCUT2D eigenvalue weighted by atomic mass is 16.3. The summed E-state index contributed by atoms with van der Waals surface area (Å²) < 4.78 is 1.63. The van der Waals surface area contributed by atoms with Gasteiger partial charge >= 0.3 is 0 Å². The number of carbonyl (C=O) groups excluding carboxylic acids is 2. The van der Waals surface area contributed by atoms with Gasteiger partial charge in [0.25, 0.3) is 5.91 Å². The zero-order chi connectivity index (χ0) is 28.7. The molecule has 1 aromatic heterocycles. The van der Waals surface area contributed by atoms with Crippen molar-refractivity contribution >= 4 is 55.9 Å². The van der Waals surface area contributed by atoms with Gasteiger partial charge in [-0.2, -0.15) is 0 Å². The van der Waals surface area contributed by atoms with Gasteiger partial charge < -0.3 is 14.6 Å². The van der Waals surface area contributed by atoms with E-state index in [0.717, 1.165) is 21.5 Å². The van der Waals surface area contributed by atoms with Gasteiger partial charge in [0.15, 0.2) is 0 Å². The van der Waals surface area contributed by atoms with Gasteiger partial charge in [0, 0.05) is 35.8 Å². The average molecular weight is 539 g/mol. The van der Waals surface area contributed by atoms with E-state index >= 15 is 0 Å². The van der Waals surface area contributed by atoms with Gasteiger partial charge in [0.05, 0.1) is 22.3 Å². The highest BCUT2D eigenvalue weighted by Crippen LogP contribution is 2.36. The van der Waals surface area contributed by atoms with Gasteiger partial charge in [-0.05, 0) is 35.1 Å². The monoisotopic (exact) mass is 538 g/mol. The van der Waals surface area contributed by atoms with Gasteiger partial charge in [-0.25, -0.2) is 0 Å². The molecule has 0 atom stereocenters. The standard InChI is InChI=1S/C35H26N2O4/c1-36-30-24-14-10-8-12-22(24)18-20-26(30)32(38)28(34(36)40)16-6-4-3-5-7-17-29-33(39)27-21-19-23-13-9-11-15-25(23)31(27)37(2)35(29)41/h3-21,40H,1-2H3/b4-3+,7-5+,16-6+,29-17-. The van der Waals surface area contributed by atoms with Crippen LogP contribution in [0, 0.1) is 0 Å². The quantitative estimate of drug-likeness (QED) is 0.123. The maximum Gasteiger partial charge on any atom is 0.262 e. The lowest BCUT2D eigenvalue weighted by Crippen LogP contribution is -2.36. The van der Waals surface area contributed by atoms with E-state index in [1.807, 2.05) is 60.7 Å². The van der Waals surface area contributed by atoms with Crippen molar-refractivity contribution in [2.75, 3.05) is 11.9 Å². The lowest BCUT2D eigenvalue weighted by atomic mass is 9.92. The Balaban J connectivity index is 1.24. The second-order valence-electron chi connectivity index (χ2n) is 9.89. The van der Waals surface area contributed by atoms with Gasteiger partial charge in [-0.15, -0.1) is 0 Å². The Bertz CT molecular complexity index is 2090. The van der Waals surface area contributed by atoms with E-state index in [1.54, 1.807) is 67.3 Å². The highest BCUT2D eigenvalue weighted by molar-refractivity contribution is 6.36. The number of fused-ring (bicyclic) bond motifs is 6. The molecular formula is C35H26N2O4. The van der Waals surface area contributed by atoms with Crippen LogP contribution in [0.5, 0.6) is 5.88 Å². The molecule has 1 aliphatic heterocycles. The molecule has 1 N–H and O–H groups in total. The summed E-state index contributed by atoms with van der Waals surface area (Å²) in [5.41, 5.74) is 1.83. The topological polar surface area (TPSA) is 79.6 Å². The first kappa shape index (κ1) is 25.8. The SMILES string of the molecule is CN1C(=O)\C(=C/C=C/C=C/C=C/c2c(O)n(C)c3c(ccc4ccccc43)c2=O)C(=O)c2ccc3ccccc3c21. The number of ketones is 1. The van der Waals surface area contributed by atoms with E-state index in [-0.39, 0.29) is 34.1 Å². The van der Waals surface area contributed by atoms with Crippen LogP contribution in [0.4, 0.5) is 5.69 Å². The van der Waals surface area contributed by atoms with Crippen LogP contribution < -0.4 is 10.3 Å². The third-order valence-electron chi connectivity index (χ3n) is 7.51. The number of benzene rings is 4. The van der Waals surface area contributed by atoms with Crippen molar-refractivity contribution < 1.29 is 14.7 Å². The predicted molar refractivity (Wildman–Crippen MR) is 165 cm³/mol. The summed E-state index contributed by atoms with van der Waals surface area (Å²) in [4.78, 5) is 40.9. The van der Waals surface area contributed by atoms with E-state index in [4.69, 9.17) is 0 Å². The number of aromatic nitrogens is 1. The fraction of sp³-hybridized carbons (Fsp3) is 0.0571. The van der Waals surface area contributed by atoms with E-state index in [9.17, 15) is 19.5 Å². The predicted octanol–water partition coefficient (Wildman–Crippen LogP) is 6.46. The molecular weight excluding hydrogens is 512 g/mol. The zero-order valence-corrected chi connectivity index (χ0v) is 22.5.